The van der Waals surface area contributed by atoms with Gasteiger partial charge in [-0.25, -0.2) is 9.97 Å². The maximum atomic E-state index is 5.40. The first kappa shape index (κ1) is 13.7. The average molecular weight is 285 g/mol. The summed E-state index contributed by atoms with van der Waals surface area (Å²) in [7, 11) is 0. The highest BCUT2D eigenvalue weighted by Crippen LogP contribution is 2.26. The molecular weight excluding hydrogens is 266 g/mol. The van der Waals surface area contributed by atoms with Crippen LogP contribution in [0.2, 0.25) is 0 Å². The van der Waals surface area contributed by atoms with Crippen LogP contribution in [-0.2, 0) is 6.42 Å². The van der Waals surface area contributed by atoms with Crippen LogP contribution in [0, 0.1) is 12.3 Å². The van der Waals surface area contributed by atoms with Gasteiger partial charge in [-0.05, 0) is 24.8 Å². The quantitative estimate of drug-likeness (QED) is 0.798. The summed E-state index contributed by atoms with van der Waals surface area (Å²) in [6, 6.07) is 1.86. The standard InChI is InChI=1S/C15H19N5O/c1-9-17-12-10(6-8-16-13(12)18-9)14-19-11(20-21-14)5-7-15(2,3)4/h6,8H,5,7H2,1-4H3,(H,16,17,18). The van der Waals surface area contributed by atoms with Gasteiger partial charge >= 0.3 is 0 Å². The summed E-state index contributed by atoms with van der Waals surface area (Å²) >= 11 is 0. The molecule has 0 amide bonds. The van der Waals surface area contributed by atoms with Crippen LogP contribution >= 0.6 is 0 Å². The van der Waals surface area contributed by atoms with Gasteiger partial charge in [0.1, 0.15) is 5.82 Å². The van der Waals surface area contributed by atoms with Gasteiger partial charge in [0.05, 0.1) is 11.1 Å². The Labute approximate surface area is 123 Å². The fourth-order valence-electron chi connectivity index (χ4n) is 2.16. The number of hydrogen-bond donors (Lipinski definition) is 1. The minimum atomic E-state index is 0.255. The molecule has 3 heterocycles. The predicted octanol–water partition coefficient (Wildman–Crippen LogP) is 3.30. The SMILES string of the molecule is Cc1nc2nccc(-c3nc(CCC(C)(C)C)no3)c2[nH]1. The van der Waals surface area contributed by atoms with Gasteiger partial charge in [0.15, 0.2) is 11.5 Å². The number of nitrogens with one attached hydrogen (secondary N) is 1. The van der Waals surface area contributed by atoms with Crippen molar-refractivity contribution in [2.75, 3.05) is 0 Å². The Balaban J connectivity index is 1.91. The molecule has 110 valence electrons. The van der Waals surface area contributed by atoms with Crippen LogP contribution in [0.4, 0.5) is 0 Å². The Morgan fingerprint density at radius 1 is 1.24 bits per heavy atom. The number of H-pyrrole nitrogens is 1. The third-order valence-corrected chi connectivity index (χ3v) is 3.31. The van der Waals surface area contributed by atoms with E-state index in [0.29, 0.717) is 11.5 Å². The molecule has 0 spiro atoms. The van der Waals surface area contributed by atoms with E-state index in [0.717, 1.165) is 35.6 Å². The van der Waals surface area contributed by atoms with Crippen LogP contribution in [0.15, 0.2) is 16.8 Å². The molecule has 3 aromatic rings. The lowest BCUT2D eigenvalue weighted by Gasteiger charge is -2.15. The molecule has 3 aromatic heterocycles. The summed E-state index contributed by atoms with van der Waals surface area (Å²) in [5, 5.41) is 4.07. The molecule has 0 saturated carbocycles. The van der Waals surface area contributed by atoms with Crippen molar-refractivity contribution >= 4 is 11.2 Å². The summed E-state index contributed by atoms with van der Waals surface area (Å²) in [6.07, 6.45) is 3.53. The Morgan fingerprint density at radius 3 is 2.81 bits per heavy atom. The largest absolute Gasteiger partial charge is 0.340 e. The summed E-state index contributed by atoms with van der Waals surface area (Å²) in [4.78, 5) is 16.2. The number of fused-ring (bicyclic) bond motifs is 1. The molecule has 0 aliphatic heterocycles. The van der Waals surface area contributed by atoms with Gasteiger partial charge in [-0.1, -0.05) is 25.9 Å². The van der Waals surface area contributed by atoms with E-state index in [1.54, 1.807) is 6.20 Å². The van der Waals surface area contributed by atoms with Gasteiger partial charge in [0.25, 0.3) is 5.89 Å². The number of imidazole rings is 1. The van der Waals surface area contributed by atoms with E-state index in [1.165, 1.54) is 0 Å². The van der Waals surface area contributed by atoms with Crippen molar-refractivity contribution in [1.29, 1.82) is 0 Å². The fraction of sp³-hybridized carbons (Fsp3) is 0.467. The van der Waals surface area contributed by atoms with Crippen molar-refractivity contribution in [1.82, 2.24) is 25.1 Å². The highest BCUT2D eigenvalue weighted by Gasteiger charge is 2.16. The summed E-state index contributed by atoms with van der Waals surface area (Å²) < 4.78 is 5.40. The van der Waals surface area contributed by atoms with E-state index in [1.807, 2.05) is 13.0 Å². The van der Waals surface area contributed by atoms with Crippen LogP contribution in [0.1, 0.15) is 38.8 Å². The molecule has 6 nitrogen and oxygen atoms in total. The Kier molecular flexibility index (Phi) is 3.23. The monoisotopic (exact) mass is 285 g/mol. The second-order valence-electron chi connectivity index (χ2n) is 6.46. The normalized spacial score (nSPS) is 12.2. The summed E-state index contributed by atoms with van der Waals surface area (Å²) in [6.45, 7) is 8.50. The summed E-state index contributed by atoms with van der Waals surface area (Å²) in [5.74, 6) is 2.06. The van der Waals surface area contributed by atoms with Crippen molar-refractivity contribution < 1.29 is 4.52 Å². The second-order valence-corrected chi connectivity index (χ2v) is 6.46. The van der Waals surface area contributed by atoms with Crippen LogP contribution in [-0.4, -0.2) is 25.1 Å². The van der Waals surface area contributed by atoms with Crippen molar-refractivity contribution in [3.63, 3.8) is 0 Å². The molecule has 0 fully saturated rings. The van der Waals surface area contributed by atoms with E-state index in [-0.39, 0.29) is 5.41 Å². The Hall–Kier alpha value is -2.24. The van der Waals surface area contributed by atoms with E-state index < -0.39 is 0 Å². The molecule has 0 radical (unpaired) electrons. The highest BCUT2D eigenvalue weighted by molar-refractivity contribution is 5.86. The number of rotatable bonds is 3. The van der Waals surface area contributed by atoms with Gasteiger partial charge in [-0.2, -0.15) is 4.98 Å². The maximum absolute atomic E-state index is 5.40. The number of aromatic nitrogens is 5. The molecule has 3 rings (SSSR count). The predicted molar refractivity (Wildman–Crippen MR) is 79.7 cm³/mol. The number of aromatic amines is 1. The van der Waals surface area contributed by atoms with Crippen LogP contribution in [0.5, 0.6) is 0 Å². The van der Waals surface area contributed by atoms with Crippen molar-refractivity contribution in [3.8, 4) is 11.5 Å². The zero-order valence-electron chi connectivity index (χ0n) is 12.8. The van der Waals surface area contributed by atoms with Crippen molar-refractivity contribution in [2.45, 2.75) is 40.5 Å². The molecule has 0 unspecified atom stereocenters. The molecular formula is C15H19N5O. The minimum absolute atomic E-state index is 0.255. The molecule has 0 aliphatic carbocycles. The maximum Gasteiger partial charge on any atom is 0.260 e. The molecule has 0 atom stereocenters. The van der Waals surface area contributed by atoms with E-state index in [4.69, 9.17) is 4.52 Å². The number of aryl methyl sites for hydroxylation is 2. The van der Waals surface area contributed by atoms with Gasteiger partial charge in [0.2, 0.25) is 0 Å². The first-order valence-electron chi connectivity index (χ1n) is 7.07. The smallest absolute Gasteiger partial charge is 0.260 e. The van der Waals surface area contributed by atoms with Gasteiger partial charge < -0.3 is 9.51 Å². The van der Waals surface area contributed by atoms with Crippen LogP contribution in [0.25, 0.3) is 22.6 Å². The zero-order chi connectivity index (χ0) is 15.0. The van der Waals surface area contributed by atoms with Crippen LogP contribution in [0.3, 0.4) is 0 Å². The third kappa shape index (κ3) is 2.94. The van der Waals surface area contributed by atoms with Crippen LogP contribution < -0.4 is 0 Å². The molecule has 21 heavy (non-hydrogen) atoms. The first-order valence-corrected chi connectivity index (χ1v) is 7.07. The van der Waals surface area contributed by atoms with Crippen molar-refractivity contribution in [3.05, 3.63) is 23.9 Å². The average Bonchev–Trinajstić information content (AvgIpc) is 2.99. The van der Waals surface area contributed by atoms with E-state index in [9.17, 15) is 0 Å². The number of nitrogens with zero attached hydrogens (tertiary/aromatic N) is 4. The van der Waals surface area contributed by atoms with E-state index in [2.05, 4.69) is 45.9 Å². The molecule has 0 saturated heterocycles. The summed E-state index contributed by atoms with van der Waals surface area (Å²) in [5.41, 5.74) is 2.60. The lowest BCUT2D eigenvalue weighted by Crippen LogP contribution is -2.06. The fourth-order valence-corrected chi connectivity index (χ4v) is 2.16. The lowest BCUT2D eigenvalue weighted by atomic mass is 9.90. The molecule has 0 aliphatic rings. The molecule has 1 N–H and O–H groups in total. The lowest BCUT2D eigenvalue weighted by molar-refractivity contribution is 0.366. The third-order valence-electron chi connectivity index (χ3n) is 3.31. The first-order chi connectivity index (χ1) is 9.92. The molecule has 0 aromatic carbocycles. The number of pyridine rings is 1. The second kappa shape index (κ2) is 4.95. The van der Waals surface area contributed by atoms with Gasteiger partial charge in [-0.15, -0.1) is 0 Å². The zero-order valence-corrected chi connectivity index (χ0v) is 12.8. The van der Waals surface area contributed by atoms with E-state index >= 15 is 0 Å². The minimum Gasteiger partial charge on any atom is -0.340 e. The molecule has 0 bridgehead atoms. The molecule has 6 heteroatoms. The van der Waals surface area contributed by atoms with Gasteiger partial charge in [-0.3, -0.25) is 0 Å². The van der Waals surface area contributed by atoms with Crippen molar-refractivity contribution in [2.24, 2.45) is 5.41 Å². The van der Waals surface area contributed by atoms with Gasteiger partial charge in [0, 0.05) is 12.6 Å². The number of hydrogen-bond acceptors (Lipinski definition) is 5. The Morgan fingerprint density at radius 2 is 2.05 bits per heavy atom. The highest BCUT2D eigenvalue weighted by atomic mass is 16.5. The Bertz CT molecular complexity index is 766. The topological polar surface area (TPSA) is 80.5 Å².